The minimum absolute atomic E-state index is 0.0453. The van der Waals surface area contributed by atoms with Crippen LogP contribution in [0.25, 0.3) is 0 Å². The van der Waals surface area contributed by atoms with Gasteiger partial charge in [-0.3, -0.25) is 4.79 Å². The van der Waals surface area contributed by atoms with Gasteiger partial charge in [0.2, 0.25) is 10.0 Å². The van der Waals surface area contributed by atoms with E-state index in [0.717, 1.165) is 12.8 Å². The molecule has 8 nitrogen and oxygen atoms in total. The van der Waals surface area contributed by atoms with Gasteiger partial charge in [0, 0.05) is 11.6 Å². The van der Waals surface area contributed by atoms with E-state index >= 15 is 0 Å². The quantitative estimate of drug-likeness (QED) is 0.627. The van der Waals surface area contributed by atoms with Crippen molar-refractivity contribution in [3.8, 4) is 5.75 Å². The summed E-state index contributed by atoms with van der Waals surface area (Å²) in [6, 6.07) is 2.80. The highest BCUT2D eigenvalue weighted by Gasteiger charge is 2.31. The Morgan fingerprint density at radius 1 is 1.28 bits per heavy atom. The van der Waals surface area contributed by atoms with E-state index in [9.17, 15) is 23.1 Å². The van der Waals surface area contributed by atoms with E-state index in [2.05, 4.69) is 10.0 Å². The molecule has 1 aliphatic carbocycles. The molecular formula is C16H22N2O6S. The largest absolute Gasteiger partial charge is 0.495 e. The molecule has 0 radical (unpaired) electrons. The third kappa shape index (κ3) is 4.70. The van der Waals surface area contributed by atoms with E-state index in [1.165, 1.54) is 25.3 Å². The Hall–Kier alpha value is -2.13. The van der Waals surface area contributed by atoms with Gasteiger partial charge in [-0.1, -0.05) is 13.8 Å². The van der Waals surface area contributed by atoms with Crippen LogP contribution in [-0.4, -0.2) is 44.6 Å². The maximum atomic E-state index is 12.5. The summed E-state index contributed by atoms with van der Waals surface area (Å²) in [6.07, 6.45) is 1.55. The summed E-state index contributed by atoms with van der Waals surface area (Å²) in [4.78, 5) is 23.4. The molecule has 0 spiro atoms. The maximum Gasteiger partial charge on any atom is 0.326 e. The second-order valence-corrected chi connectivity index (χ2v) is 7.98. The molecule has 0 unspecified atom stereocenters. The van der Waals surface area contributed by atoms with Gasteiger partial charge in [-0.25, -0.2) is 17.9 Å². The number of ether oxygens (including phenoxy) is 1. The van der Waals surface area contributed by atoms with E-state index in [1.807, 2.05) is 0 Å². The molecule has 1 saturated carbocycles. The first kappa shape index (κ1) is 19.2. The number of carboxylic acid groups (broad SMARTS) is 1. The zero-order chi connectivity index (χ0) is 18.8. The molecule has 0 aliphatic heterocycles. The molecule has 1 amide bonds. The van der Waals surface area contributed by atoms with Gasteiger partial charge in [0.05, 0.1) is 7.11 Å². The average molecular weight is 370 g/mol. The maximum absolute atomic E-state index is 12.5. The minimum atomic E-state index is -3.83. The van der Waals surface area contributed by atoms with Gasteiger partial charge in [-0.2, -0.15) is 0 Å². The van der Waals surface area contributed by atoms with Crippen molar-refractivity contribution in [2.24, 2.45) is 5.92 Å². The second-order valence-electron chi connectivity index (χ2n) is 6.29. The molecule has 0 aromatic heterocycles. The highest BCUT2D eigenvalue weighted by Crippen LogP contribution is 2.28. The highest BCUT2D eigenvalue weighted by atomic mass is 32.2. The fraction of sp³-hybridized carbons (Fsp3) is 0.500. The number of carbonyl (C=O) groups excluding carboxylic acids is 1. The fourth-order valence-corrected chi connectivity index (χ4v) is 3.75. The van der Waals surface area contributed by atoms with Gasteiger partial charge in [0.25, 0.3) is 5.91 Å². The van der Waals surface area contributed by atoms with Crippen molar-refractivity contribution in [1.29, 1.82) is 0 Å². The first-order valence-electron chi connectivity index (χ1n) is 7.89. The molecule has 1 aliphatic rings. The number of rotatable bonds is 8. The molecule has 1 fully saturated rings. The summed E-state index contributed by atoms with van der Waals surface area (Å²) in [7, 11) is -2.49. The lowest BCUT2D eigenvalue weighted by Crippen LogP contribution is -2.44. The third-order valence-corrected chi connectivity index (χ3v) is 5.38. The molecule has 1 atom stereocenters. The van der Waals surface area contributed by atoms with Crippen LogP contribution in [0.4, 0.5) is 0 Å². The molecule has 1 aromatic rings. The lowest BCUT2D eigenvalue weighted by atomic mass is 10.0. The Bertz CT molecular complexity index is 771. The van der Waals surface area contributed by atoms with Crippen molar-refractivity contribution in [2.45, 2.75) is 43.7 Å². The van der Waals surface area contributed by atoms with Crippen molar-refractivity contribution in [3.63, 3.8) is 0 Å². The Balaban J connectivity index is 2.31. The number of methoxy groups -OCH3 is 1. The lowest BCUT2D eigenvalue weighted by Gasteiger charge is -2.18. The standard InChI is InChI=1S/C16H22N2O6S/c1-9(2)14(16(20)21)17-15(19)10-4-7-12(24-3)13(8-10)25(22,23)18-11-5-6-11/h4,7-9,11,14,18H,5-6H2,1-3H3,(H,17,19)(H,20,21)/t14-/m0/s1. The first-order valence-corrected chi connectivity index (χ1v) is 9.38. The lowest BCUT2D eigenvalue weighted by molar-refractivity contribution is -0.140. The third-order valence-electron chi connectivity index (χ3n) is 3.83. The summed E-state index contributed by atoms with van der Waals surface area (Å²) >= 11 is 0. The van der Waals surface area contributed by atoms with Gasteiger partial charge < -0.3 is 15.2 Å². The SMILES string of the molecule is COc1ccc(C(=O)N[C@H](C(=O)O)C(C)C)cc1S(=O)(=O)NC1CC1. The van der Waals surface area contributed by atoms with Crippen LogP contribution < -0.4 is 14.8 Å². The number of benzene rings is 1. The van der Waals surface area contributed by atoms with E-state index < -0.39 is 27.9 Å². The van der Waals surface area contributed by atoms with E-state index in [1.54, 1.807) is 13.8 Å². The van der Waals surface area contributed by atoms with Crippen LogP contribution in [0.2, 0.25) is 0 Å². The molecular weight excluding hydrogens is 348 g/mol. The fourth-order valence-electron chi connectivity index (χ4n) is 2.25. The predicted octanol–water partition coefficient (Wildman–Crippen LogP) is 0.975. The van der Waals surface area contributed by atoms with E-state index in [0.29, 0.717) is 0 Å². The molecule has 0 saturated heterocycles. The van der Waals surface area contributed by atoms with Crippen LogP contribution in [-0.2, 0) is 14.8 Å². The Labute approximate surface area is 146 Å². The van der Waals surface area contributed by atoms with Crippen molar-refractivity contribution < 1.29 is 27.9 Å². The molecule has 0 heterocycles. The van der Waals surface area contributed by atoms with Crippen LogP contribution in [0.15, 0.2) is 23.1 Å². The number of carboxylic acids is 1. The van der Waals surface area contributed by atoms with E-state index in [-0.39, 0.29) is 28.2 Å². The Morgan fingerprint density at radius 2 is 1.92 bits per heavy atom. The van der Waals surface area contributed by atoms with Crippen LogP contribution in [0.1, 0.15) is 37.0 Å². The highest BCUT2D eigenvalue weighted by molar-refractivity contribution is 7.89. The zero-order valence-electron chi connectivity index (χ0n) is 14.3. The van der Waals surface area contributed by atoms with Crippen molar-refractivity contribution in [2.75, 3.05) is 7.11 Å². The van der Waals surface area contributed by atoms with E-state index in [4.69, 9.17) is 4.74 Å². The van der Waals surface area contributed by atoms with Crippen LogP contribution in [0.3, 0.4) is 0 Å². The summed E-state index contributed by atoms with van der Waals surface area (Å²) in [6.45, 7) is 3.34. The number of amides is 1. The zero-order valence-corrected chi connectivity index (χ0v) is 15.1. The van der Waals surface area contributed by atoms with Crippen molar-refractivity contribution in [3.05, 3.63) is 23.8 Å². The molecule has 138 valence electrons. The number of carbonyl (C=O) groups is 2. The van der Waals surface area contributed by atoms with Crippen LogP contribution >= 0.6 is 0 Å². The second kappa shape index (κ2) is 7.40. The first-order chi connectivity index (χ1) is 11.7. The van der Waals surface area contributed by atoms with Crippen molar-refractivity contribution >= 4 is 21.9 Å². The van der Waals surface area contributed by atoms with Crippen LogP contribution in [0, 0.1) is 5.92 Å². The number of hydrogen-bond acceptors (Lipinski definition) is 5. The Kier molecular flexibility index (Phi) is 5.69. The van der Waals surface area contributed by atoms with Gasteiger partial charge in [0.15, 0.2) is 0 Å². The minimum Gasteiger partial charge on any atom is -0.495 e. The van der Waals surface area contributed by atoms with Gasteiger partial charge in [0.1, 0.15) is 16.7 Å². The predicted molar refractivity (Wildman–Crippen MR) is 90.1 cm³/mol. The van der Waals surface area contributed by atoms with Crippen LogP contribution in [0.5, 0.6) is 5.75 Å². The smallest absolute Gasteiger partial charge is 0.326 e. The molecule has 3 N–H and O–H groups in total. The van der Waals surface area contributed by atoms with Gasteiger partial charge in [-0.05, 0) is 37.0 Å². The Morgan fingerprint density at radius 3 is 2.40 bits per heavy atom. The van der Waals surface area contributed by atoms with Gasteiger partial charge >= 0.3 is 5.97 Å². The number of nitrogens with one attached hydrogen (secondary N) is 2. The van der Waals surface area contributed by atoms with Crippen molar-refractivity contribution in [1.82, 2.24) is 10.0 Å². The molecule has 25 heavy (non-hydrogen) atoms. The average Bonchev–Trinajstić information content (AvgIpc) is 3.34. The topological polar surface area (TPSA) is 122 Å². The summed E-state index contributed by atoms with van der Waals surface area (Å²) in [5.74, 6) is -2.02. The summed E-state index contributed by atoms with van der Waals surface area (Å²) in [5.41, 5.74) is 0.0453. The molecule has 9 heteroatoms. The molecule has 1 aromatic carbocycles. The molecule has 0 bridgehead atoms. The monoisotopic (exact) mass is 370 g/mol. The number of aliphatic carboxylic acids is 1. The number of sulfonamides is 1. The number of hydrogen-bond donors (Lipinski definition) is 3. The van der Waals surface area contributed by atoms with Gasteiger partial charge in [-0.15, -0.1) is 0 Å². The molecule has 2 rings (SSSR count). The normalized spacial score (nSPS) is 15.7. The summed E-state index contributed by atoms with van der Waals surface area (Å²) in [5, 5.41) is 11.6. The summed E-state index contributed by atoms with van der Waals surface area (Å²) < 4.78 is 32.5.